The number of carbonyl (C=O) groups is 1. The molecule has 0 aromatic carbocycles. The molecule has 1 aliphatic rings. The van der Waals surface area contributed by atoms with Gasteiger partial charge >= 0.3 is 0 Å². The molecule has 0 unspecified atom stereocenters. The number of hydrogen-bond acceptors (Lipinski definition) is 4. The van der Waals surface area contributed by atoms with Crippen LogP contribution in [0.5, 0.6) is 0 Å². The first-order chi connectivity index (χ1) is 7.16. The normalized spacial score (nSPS) is 18.3. The molecule has 1 saturated carbocycles. The second-order valence-electron chi connectivity index (χ2n) is 4.11. The molecule has 1 fully saturated rings. The van der Waals surface area contributed by atoms with E-state index < -0.39 is 0 Å². The van der Waals surface area contributed by atoms with Gasteiger partial charge in [0, 0.05) is 12.6 Å². The van der Waals surface area contributed by atoms with Crippen LogP contribution in [0.3, 0.4) is 0 Å². The summed E-state index contributed by atoms with van der Waals surface area (Å²) >= 11 is 0. The van der Waals surface area contributed by atoms with Gasteiger partial charge in [-0.25, -0.2) is 0 Å². The lowest BCUT2D eigenvalue weighted by atomic mass is 9.68. The molecule has 1 heterocycles. The van der Waals surface area contributed by atoms with E-state index >= 15 is 0 Å². The Morgan fingerprint density at radius 3 is 2.87 bits per heavy atom. The van der Waals surface area contributed by atoms with E-state index in [0.717, 1.165) is 19.3 Å². The van der Waals surface area contributed by atoms with E-state index in [1.807, 2.05) is 0 Å². The molecule has 0 bridgehead atoms. The van der Waals surface area contributed by atoms with E-state index in [0.29, 0.717) is 18.1 Å². The van der Waals surface area contributed by atoms with Crippen molar-refractivity contribution in [2.24, 2.45) is 11.1 Å². The molecule has 0 spiro atoms. The Kier molecular flexibility index (Phi) is 2.48. The van der Waals surface area contributed by atoms with Gasteiger partial charge in [0.2, 0.25) is 5.91 Å². The minimum absolute atomic E-state index is 0.0375. The Morgan fingerprint density at radius 2 is 2.47 bits per heavy atom. The fourth-order valence-electron chi connectivity index (χ4n) is 1.80. The maximum absolute atomic E-state index is 11.9. The molecule has 15 heavy (non-hydrogen) atoms. The molecule has 0 aliphatic heterocycles. The SMILES string of the molecule is Cc1cc(NC(=O)C2(CN)CCC2)no1. The Labute approximate surface area is 88.0 Å². The monoisotopic (exact) mass is 209 g/mol. The number of aryl methyl sites for hydroxylation is 1. The molecule has 1 aromatic rings. The molecular weight excluding hydrogens is 194 g/mol. The molecule has 0 saturated heterocycles. The van der Waals surface area contributed by atoms with Crippen molar-refractivity contribution in [1.82, 2.24) is 5.16 Å². The van der Waals surface area contributed by atoms with Gasteiger partial charge in [0.05, 0.1) is 5.41 Å². The second-order valence-corrected chi connectivity index (χ2v) is 4.11. The van der Waals surface area contributed by atoms with E-state index in [-0.39, 0.29) is 11.3 Å². The number of nitrogens with zero attached hydrogens (tertiary/aromatic N) is 1. The molecule has 3 N–H and O–H groups in total. The lowest BCUT2D eigenvalue weighted by molar-refractivity contribution is -0.129. The van der Waals surface area contributed by atoms with E-state index in [1.54, 1.807) is 13.0 Å². The van der Waals surface area contributed by atoms with Gasteiger partial charge in [-0.1, -0.05) is 11.6 Å². The van der Waals surface area contributed by atoms with E-state index in [4.69, 9.17) is 10.3 Å². The average molecular weight is 209 g/mol. The fourth-order valence-corrected chi connectivity index (χ4v) is 1.80. The van der Waals surface area contributed by atoms with Crippen molar-refractivity contribution < 1.29 is 9.32 Å². The highest BCUT2D eigenvalue weighted by Gasteiger charge is 2.43. The van der Waals surface area contributed by atoms with Crippen LogP contribution in [0.25, 0.3) is 0 Å². The summed E-state index contributed by atoms with van der Waals surface area (Å²) in [5.41, 5.74) is 5.26. The van der Waals surface area contributed by atoms with Crippen LogP contribution in [-0.4, -0.2) is 17.6 Å². The van der Waals surface area contributed by atoms with Gasteiger partial charge in [0.15, 0.2) is 5.82 Å². The Balaban J connectivity index is 2.03. The van der Waals surface area contributed by atoms with Crippen LogP contribution in [0.15, 0.2) is 10.6 Å². The smallest absolute Gasteiger partial charge is 0.233 e. The van der Waals surface area contributed by atoms with Gasteiger partial charge in [-0.2, -0.15) is 0 Å². The summed E-state index contributed by atoms with van der Waals surface area (Å²) in [7, 11) is 0. The number of anilines is 1. The van der Waals surface area contributed by atoms with Crippen LogP contribution in [-0.2, 0) is 4.79 Å². The maximum Gasteiger partial charge on any atom is 0.233 e. The molecule has 2 rings (SSSR count). The molecular formula is C10H15N3O2. The van der Waals surface area contributed by atoms with Gasteiger partial charge in [0.1, 0.15) is 5.76 Å². The number of rotatable bonds is 3. The number of hydrogen-bond donors (Lipinski definition) is 2. The molecule has 1 aliphatic carbocycles. The van der Waals surface area contributed by atoms with E-state index in [1.165, 1.54) is 0 Å². The fraction of sp³-hybridized carbons (Fsp3) is 0.600. The molecule has 1 amide bonds. The summed E-state index contributed by atoms with van der Waals surface area (Å²) in [6.45, 7) is 2.18. The summed E-state index contributed by atoms with van der Waals surface area (Å²) < 4.78 is 4.87. The molecule has 5 heteroatoms. The molecule has 1 aromatic heterocycles. The highest BCUT2D eigenvalue weighted by molar-refractivity contribution is 5.95. The van der Waals surface area contributed by atoms with Gasteiger partial charge in [0.25, 0.3) is 0 Å². The van der Waals surface area contributed by atoms with Crippen molar-refractivity contribution >= 4 is 11.7 Å². The highest BCUT2D eigenvalue weighted by Crippen LogP contribution is 2.40. The lowest BCUT2D eigenvalue weighted by Crippen LogP contribution is -2.47. The zero-order valence-corrected chi connectivity index (χ0v) is 8.75. The van der Waals surface area contributed by atoms with Crippen LogP contribution < -0.4 is 11.1 Å². The number of carbonyl (C=O) groups excluding carboxylic acids is 1. The average Bonchev–Trinajstić information content (AvgIpc) is 2.50. The summed E-state index contributed by atoms with van der Waals surface area (Å²) in [4.78, 5) is 11.9. The Hall–Kier alpha value is -1.36. The summed E-state index contributed by atoms with van der Waals surface area (Å²) in [5, 5.41) is 6.45. The van der Waals surface area contributed by atoms with Gasteiger partial charge in [-0.05, 0) is 19.8 Å². The lowest BCUT2D eigenvalue weighted by Gasteiger charge is -2.38. The number of amides is 1. The van der Waals surface area contributed by atoms with Crippen molar-refractivity contribution in [2.45, 2.75) is 26.2 Å². The number of nitrogens with two attached hydrogens (primary N) is 1. The molecule has 0 radical (unpaired) electrons. The van der Waals surface area contributed by atoms with Crippen LogP contribution in [0, 0.1) is 12.3 Å². The van der Waals surface area contributed by atoms with Crippen LogP contribution in [0.4, 0.5) is 5.82 Å². The first-order valence-electron chi connectivity index (χ1n) is 5.11. The third-order valence-corrected chi connectivity index (χ3v) is 3.05. The van der Waals surface area contributed by atoms with Crippen molar-refractivity contribution in [1.29, 1.82) is 0 Å². The van der Waals surface area contributed by atoms with Crippen molar-refractivity contribution in [2.75, 3.05) is 11.9 Å². The van der Waals surface area contributed by atoms with Crippen LogP contribution in [0.2, 0.25) is 0 Å². The molecule has 5 nitrogen and oxygen atoms in total. The third-order valence-electron chi connectivity index (χ3n) is 3.05. The largest absolute Gasteiger partial charge is 0.360 e. The van der Waals surface area contributed by atoms with Gasteiger partial charge in [-0.15, -0.1) is 0 Å². The Morgan fingerprint density at radius 1 is 1.73 bits per heavy atom. The van der Waals surface area contributed by atoms with Crippen molar-refractivity contribution in [3.05, 3.63) is 11.8 Å². The van der Waals surface area contributed by atoms with E-state index in [9.17, 15) is 4.79 Å². The topological polar surface area (TPSA) is 81.2 Å². The summed E-state index contributed by atoms with van der Waals surface area (Å²) in [5.74, 6) is 1.11. The predicted molar refractivity (Wildman–Crippen MR) is 55.2 cm³/mol. The van der Waals surface area contributed by atoms with Crippen molar-refractivity contribution in [3.63, 3.8) is 0 Å². The maximum atomic E-state index is 11.9. The summed E-state index contributed by atoms with van der Waals surface area (Å²) in [6.07, 6.45) is 2.81. The first kappa shape index (κ1) is 10.2. The zero-order chi connectivity index (χ0) is 10.9. The third kappa shape index (κ3) is 1.74. The van der Waals surface area contributed by atoms with Crippen LogP contribution in [0.1, 0.15) is 25.0 Å². The van der Waals surface area contributed by atoms with E-state index in [2.05, 4.69) is 10.5 Å². The molecule has 0 atom stereocenters. The highest BCUT2D eigenvalue weighted by atomic mass is 16.5. The standard InChI is InChI=1S/C10H15N3O2/c1-7-5-8(13-15-7)12-9(14)10(6-11)3-2-4-10/h5H,2-4,6,11H2,1H3,(H,12,13,14). The van der Waals surface area contributed by atoms with Gasteiger partial charge in [-0.3, -0.25) is 4.79 Å². The van der Waals surface area contributed by atoms with Gasteiger partial charge < -0.3 is 15.6 Å². The molecule has 82 valence electrons. The second kappa shape index (κ2) is 3.66. The minimum Gasteiger partial charge on any atom is -0.360 e. The van der Waals surface area contributed by atoms with Crippen LogP contribution >= 0.6 is 0 Å². The van der Waals surface area contributed by atoms with Crippen molar-refractivity contribution in [3.8, 4) is 0 Å². The predicted octanol–water partition coefficient (Wildman–Crippen LogP) is 1.05. The summed E-state index contributed by atoms with van der Waals surface area (Å²) in [6, 6.07) is 1.70. The zero-order valence-electron chi connectivity index (χ0n) is 8.75. The first-order valence-corrected chi connectivity index (χ1v) is 5.11. The minimum atomic E-state index is -0.368. The Bertz CT molecular complexity index is 363. The number of nitrogens with one attached hydrogen (secondary N) is 1. The quantitative estimate of drug-likeness (QED) is 0.779. The number of aromatic nitrogens is 1.